The second-order valence-electron chi connectivity index (χ2n) is 4.30. The molecule has 21 heavy (non-hydrogen) atoms. The summed E-state index contributed by atoms with van der Waals surface area (Å²) in [6, 6.07) is 12.5. The van der Waals surface area contributed by atoms with Crippen molar-refractivity contribution in [2.45, 2.75) is 0 Å². The SMILES string of the molecule is O=C(O)c1ccc(C=C(Cl)c2ccc(C(=O)O)cc2)cc1. The van der Waals surface area contributed by atoms with Crippen molar-refractivity contribution in [3.05, 3.63) is 70.8 Å². The summed E-state index contributed by atoms with van der Waals surface area (Å²) in [6.07, 6.45) is 1.68. The van der Waals surface area contributed by atoms with Crippen LogP contribution in [0.1, 0.15) is 31.8 Å². The van der Waals surface area contributed by atoms with Gasteiger partial charge in [0, 0.05) is 5.03 Å². The first-order valence-electron chi connectivity index (χ1n) is 6.01. The average molecular weight is 303 g/mol. The minimum Gasteiger partial charge on any atom is -0.478 e. The molecule has 2 aromatic rings. The van der Waals surface area contributed by atoms with E-state index in [0.29, 0.717) is 10.6 Å². The predicted molar refractivity (Wildman–Crippen MR) is 80.5 cm³/mol. The Morgan fingerprint density at radius 2 is 1.14 bits per heavy atom. The molecule has 0 unspecified atom stereocenters. The molecule has 0 aliphatic rings. The van der Waals surface area contributed by atoms with Gasteiger partial charge < -0.3 is 10.2 Å². The van der Waals surface area contributed by atoms with E-state index in [4.69, 9.17) is 21.8 Å². The van der Waals surface area contributed by atoms with Crippen LogP contribution in [0.15, 0.2) is 48.5 Å². The van der Waals surface area contributed by atoms with Crippen LogP contribution in [-0.4, -0.2) is 22.2 Å². The zero-order valence-corrected chi connectivity index (χ0v) is 11.5. The first kappa shape index (κ1) is 14.8. The Labute approximate surface area is 125 Å². The standard InChI is InChI=1S/C16H11ClO4/c17-14(11-5-7-13(8-6-11)16(20)21)9-10-1-3-12(4-2-10)15(18)19/h1-9H,(H,18,19)(H,20,21). The Kier molecular flexibility index (Phi) is 4.40. The van der Waals surface area contributed by atoms with Crippen LogP contribution in [0.5, 0.6) is 0 Å². The molecule has 0 saturated carbocycles. The Morgan fingerprint density at radius 1 is 0.762 bits per heavy atom. The molecule has 0 aromatic heterocycles. The number of benzene rings is 2. The number of hydrogen-bond acceptors (Lipinski definition) is 2. The van der Waals surface area contributed by atoms with Crippen LogP contribution in [0.3, 0.4) is 0 Å². The predicted octanol–water partition coefficient (Wildman–Crippen LogP) is 3.82. The van der Waals surface area contributed by atoms with Gasteiger partial charge in [-0.3, -0.25) is 0 Å². The van der Waals surface area contributed by atoms with E-state index in [1.54, 1.807) is 30.3 Å². The van der Waals surface area contributed by atoms with Gasteiger partial charge in [-0.05, 0) is 41.5 Å². The van der Waals surface area contributed by atoms with Crippen molar-refractivity contribution in [3.8, 4) is 0 Å². The molecule has 106 valence electrons. The molecule has 0 spiro atoms. The molecule has 2 rings (SSSR count). The summed E-state index contributed by atoms with van der Waals surface area (Å²) >= 11 is 6.17. The maximum atomic E-state index is 10.8. The minimum atomic E-state index is -0.995. The maximum Gasteiger partial charge on any atom is 0.335 e. The third-order valence-corrected chi connectivity index (χ3v) is 3.19. The first-order valence-corrected chi connectivity index (χ1v) is 6.39. The topological polar surface area (TPSA) is 74.6 Å². The largest absolute Gasteiger partial charge is 0.478 e. The Bertz CT molecular complexity index is 700. The zero-order valence-electron chi connectivity index (χ0n) is 10.8. The molecule has 0 bridgehead atoms. The number of carboxylic acids is 2. The van der Waals surface area contributed by atoms with Gasteiger partial charge in [-0.15, -0.1) is 0 Å². The van der Waals surface area contributed by atoms with E-state index in [0.717, 1.165) is 5.56 Å². The van der Waals surface area contributed by atoms with Gasteiger partial charge in [0.1, 0.15) is 0 Å². The van der Waals surface area contributed by atoms with Gasteiger partial charge in [-0.1, -0.05) is 35.9 Å². The van der Waals surface area contributed by atoms with Gasteiger partial charge in [0.15, 0.2) is 0 Å². The van der Waals surface area contributed by atoms with Crippen molar-refractivity contribution in [3.63, 3.8) is 0 Å². The summed E-state index contributed by atoms with van der Waals surface area (Å²) in [5, 5.41) is 18.1. The van der Waals surface area contributed by atoms with Gasteiger partial charge in [-0.2, -0.15) is 0 Å². The summed E-state index contributed by atoms with van der Waals surface area (Å²) in [7, 11) is 0. The first-order chi connectivity index (χ1) is 9.97. The molecule has 0 atom stereocenters. The number of aromatic carboxylic acids is 2. The molecule has 2 N–H and O–H groups in total. The second-order valence-corrected chi connectivity index (χ2v) is 4.71. The number of rotatable bonds is 4. The van der Waals surface area contributed by atoms with Crippen LogP contribution >= 0.6 is 11.6 Å². The van der Waals surface area contributed by atoms with Crippen LogP contribution in [0.2, 0.25) is 0 Å². The van der Waals surface area contributed by atoms with Crippen molar-refractivity contribution in [1.82, 2.24) is 0 Å². The van der Waals surface area contributed by atoms with Crippen molar-refractivity contribution < 1.29 is 19.8 Å². The van der Waals surface area contributed by atoms with E-state index >= 15 is 0 Å². The third-order valence-electron chi connectivity index (χ3n) is 2.86. The number of carbonyl (C=O) groups is 2. The Balaban J connectivity index is 2.23. The van der Waals surface area contributed by atoms with Crippen LogP contribution in [-0.2, 0) is 0 Å². The third kappa shape index (κ3) is 3.70. The molecule has 0 aliphatic heterocycles. The molecular formula is C16H11ClO4. The highest BCUT2D eigenvalue weighted by atomic mass is 35.5. The lowest BCUT2D eigenvalue weighted by molar-refractivity contribution is 0.0686. The quantitative estimate of drug-likeness (QED) is 0.842. The minimum absolute atomic E-state index is 0.189. The molecule has 5 heteroatoms. The van der Waals surface area contributed by atoms with Crippen LogP contribution in [0, 0.1) is 0 Å². The smallest absolute Gasteiger partial charge is 0.335 e. The van der Waals surface area contributed by atoms with Crippen molar-refractivity contribution in [2.75, 3.05) is 0 Å². The molecule has 0 aliphatic carbocycles. The number of hydrogen-bond donors (Lipinski definition) is 2. The van der Waals surface area contributed by atoms with Gasteiger partial charge in [-0.25, -0.2) is 9.59 Å². The number of halogens is 1. The number of carboxylic acid groups (broad SMARTS) is 2. The highest BCUT2D eigenvalue weighted by Gasteiger charge is 2.05. The molecule has 0 saturated heterocycles. The second kappa shape index (κ2) is 6.24. The summed E-state index contributed by atoms with van der Waals surface area (Å²) in [4.78, 5) is 21.5. The van der Waals surface area contributed by atoms with Crippen molar-refractivity contribution >= 4 is 34.6 Å². The maximum absolute atomic E-state index is 10.8. The molecule has 0 radical (unpaired) electrons. The zero-order chi connectivity index (χ0) is 15.4. The van der Waals surface area contributed by atoms with E-state index < -0.39 is 11.9 Å². The molecular weight excluding hydrogens is 292 g/mol. The van der Waals surface area contributed by atoms with Crippen LogP contribution in [0.25, 0.3) is 11.1 Å². The van der Waals surface area contributed by atoms with Crippen LogP contribution < -0.4 is 0 Å². The normalized spacial score (nSPS) is 11.2. The summed E-state index contributed by atoms with van der Waals surface area (Å²) in [6.45, 7) is 0. The van der Waals surface area contributed by atoms with E-state index in [-0.39, 0.29) is 11.1 Å². The monoisotopic (exact) mass is 302 g/mol. The van der Waals surface area contributed by atoms with E-state index in [2.05, 4.69) is 0 Å². The lowest BCUT2D eigenvalue weighted by Gasteiger charge is -2.02. The van der Waals surface area contributed by atoms with E-state index in [1.165, 1.54) is 24.3 Å². The van der Waals surface area contributed by atoms with Gasteiger partial charge in [0.2, 0.25) is 0 Å². The summed E-state index contributed by atoms with van der Waals surface area (Å²) in [5.74, 6) is -1.98. The fourth-order valence-electron chi connectivity index (χ4n) is 1.72. The molecule has 2 aromatic carbocycles. The van der Waals surface area contributed by atoms with Gasteiger partial charge >= 0.3 is 11.9 Å². The fourth-order valence-corrected chi connectivity index (χ4v) is 1.98. The molecule has 0 heterocycles. The lowest BCUT2D eigenvalue weighted by Crippen LogP contribution is -1.95. The van der Waals surface area contributed by atoms with Crippen LogP contribution in [0.4, 0.5) is 0 Å². The van der Waals surface area contributed by atoms with E-state index in [1.807, 2.05) is 0 Å². The average Bonchev–Trinajstić information content (AvgIpc) is 2.47. The molecule has 0 fully saturated rings. The fraction of sp³-hybridized carbons (Fsp3) is 0. The summed E-state index contributed by atoms with van der Waals surface area (Å²) in [5.41, 5.74) is 1.83. The molecule has 0 amide bonds. The highest BCUT2D eigenvalue weighted by Crippen LogP contribution is 2.22. The summed E-state index contributed by atoms with van der Waals surface area (Å²) < 4.78 is 0. The van der Waals surface area contributed by atoms with Crippen molar-refractivity contribution in [2.24, 2.45) is 0 Å². The van der Waals surface area contributed by atoms with E-state index in [9.17, 15) is 9.59 Å². The highest BCUT2D eigenvalue weighted by molar-refractivity contribution is 6.51. The molecule has 4 nitrogen and oxygen atoms in total. The van der Waals surface area contributed by atoms with Gasteiger partial charge in [0.25, 0.3) is 0 Å². The van der Waals surface area contributed by atoms with Crippen molar-refractivity contribution in [1.29, 1.82) is 0 Å². The Hall–Kier alpha value is -2.59. The Morgan fingerprint density at radius 3 is 1.57 bits per heavy atom. The van der Waals surface area contributed by atoms with Gasteiger partial charge in [0.05, 0.1) is 11.1 Å². The lowest BCUT2D eigenvalue weighted by atomic mass is 10.1.